The molecule has 0 fully saturated rings. The van der Waals surface area contributed by atoms with Crippen molar-refractivity contribution in [1.29, 1.82) is 0 Å². The molecule has 0 amide bonds. The van der Waals surface area contributed by atoms with Gasteiger partial charge < -0.3 is 13.9 Å². The molecule has 0 aliphatic rings. The third-order valence-electron chi connectivity index (χ3n) is 2.20. The van der Waals surface area contributed by atoms with Gasteiger partial charge in [-0.3, -0.25) is 0 Å². The SMILES string of the molecule is C=C(O[Si](C)(C)C)c1cc(OC)c(OC)cc1Br. The lowest BCUT2D eigenvalue weighted by Crippen LogP contribution is -2.24. The van der Waals surface area contributed by atoms with Gasteiger partial charge in [-0.05, 0) is 47.7 Å². The van der Waals surface area contributed by atoms with Gasteiger partial charge in [0, 0.05) is 10.0 Å². The second-order valence-electron chi connectivity index (χ2n) is 4.82. The van der Waals surface area contributed by atoms with Crippen LogP contribution in [0.3, 0.4) is 0 Å². The quantitative estimate of drug-likeness (QED) is 0.595. The summed E-state index contributed by atoms with van der Waals surface area (Å²) in [4.78, 5) is 0. The maximum atomic E-state index is 5.90. The minimum atomic E-state index is -1.67. The van der Waals surface area contributed by atoms with E-state index in [1.54, 1.807) is 14.2 Å². The standard InChI is InChI=1S/C13H19BrO3Si/c1-9(17-18(4,5)6)10-7-12(15-2)13(16-3)8-11(10)14/h7-8H,1H2,2-6H3. The van der Waals surface area contributed by atoms with E-state index in [0.29, 0.717) is 17.3 Å². The summed E-state index contributed by atoms with van der Waals surface area (Å²) in [5, 5.41) is 0. The van der Waals surface area contributed by atoms with Crippen LogP contribution in [0.4, 0.5) is 0 Å². The van der Waals surface area contributed by atoms with Crippen molar-refractivity contribution >= 4 is 30.0 Å². The maximum absolute atomic E-state index is 5.90. The zero-order valence-corrected chi connectivity index (χ0v) is 14.1. The Morgan fingerprint density at radius 2 is 1.61 bits per heavy atom. The summed E-state index contributed by atoms with van der Waals surface area (Å²) >= 11 is 3.50. The van der Waals surface area contributed by atoms with Crippen molar-refractivity contribution in [2.24, 2.45) is 0 Å². The van der Waals surface area contributed by atoms with Crippen LogP contribution >= 0.6 is 15.9 Å². The van der Waals surface area contributed by atoms with Crippen LogP contribution < -0.4 is 9.47 Å². The van der Waals surface area contributed by atoms with Crippen LogP contribution in [0.5, 0.6) is 11.5 Å². The van der Waals surface area contributed by atoms with Crippen molar-refractivity contribution in [1.82, 2.24) is 0 Å². The van der Waals surface area contributed by atoms with Gasteiger partial charge >= 0.3 is 0 Å². The van der Waals surface area contributed by atoms with Crippen LogP contribution in [-0.4, -0.2) is 22.5 Å². The Bertz CT molecular complexity index is 452. The summed E-state index contributed by atoms with van der Waals surface area (Å²) in [5.74, 6) is 1.99. The van der Waals surface area contributed by atoms with Gasteiger partial charge in [-0.2, -0.15) is 0 Å². The smallest absolute Gasteiger partial charge is 0.242 e. The molecule has 5 heteroatoms. The van der Waals surface area contributed by atoms with Crippen LogP contribution in [-0.2, 0) is 4.43 Å². The van der Waals surface area contributed by atoms with Crippen molar-refractivity contribution in [3.05, 3.63) is 28.7 Å². The van der Waals surface area contributed by atoms with E-state index in [1.807, 2.05) is 12.1 Å². The summed E-state index contributed by atoms with van der Waals surface area (Å²) in [6.07, 6.45) is 0. The average Bonchev–Trinajstić information content (AvgIpc) is 2.26. The molecule has 0 radical (unpaired) electrons. The van der Waals surface area contributed by atoms with E-state index in [2.05, 4.69) is 42.1 Å². The number of benzene rings is 1. The van der Waals surface area contributed by atoms with E-state index >= 15 is 0 Å². The summed E-state index contributed by atoms with van der Waals surface area (Å²) in [6.45, 7) is 10.3. The van der Waals surface area contributed by atoms with E-state index in [9.17, 15) is 0 Å². The fourth-order valence-corrected chi connectivity index (χ4v) is 2.89. The molecule has 1 rings (SSSR count). The average molecular weight is 331 g/mol. The van der Waals surface area contributed by atoms with Gasteiger partial charge in [-0.25, -0.2) is 0 Å². The molecular formula is C13H19BrO3Si. The van der Waals surface area contributed by atoms with E-state index < -0.39 is 8.32 Å². The van der Waals surface area contributed by atoms with Gasteiger partial charge in [0.15, 0.2) is 11.5 Å². The molecule has 0 aliphatic carbocycles. The molecule has 0 saturated carbocycles. The topological polar surface area (TPSA) is 27.7 Å². The normalized spacial score (nSPS) is 11.0. The first-order chi connectivity index (χ1) is 8.28. The van der Waals surface area contributed by atoms with E-state index in [0.717, 1.165) is 10.0 Å². The highest BCUT2D eigenvalue weighted by Gasteiger charge is 2.20. The van der Waals surface area contributed by atoms with Crippen LogP contribution in [0.15, 0.2) is 23.2 Å². The zero-order chi connectivity index (χ0) is 13.9. The van der Waals surface area contributed by atoms with Crippen molar-refractivity contribution < 1.29 is 13.9 Å². The fourth-order valence-electron chi connectivity index (χ4n) is 1.49. The first kappa shape index (κ1) is 15.1. The molecule has 18 heavy (non-hydrogen) atoms. The van der Waals surface area contributed by atoms with Gasteiger partial charge in [-0.1, -0.05) is 6.58 Å². The van der Waals surface area contributed by atoms with Crippen LogP contribution in [0.25, 0.3) is 5.76 Å². The molecule has 0 spiro atoms. The molecule has 3 nitrogen and oxygen atoms in total. The Hall–Kier alpha value is -0.943. The largest absolute Gasteiger partial charge is 0.544 e. The number of rotatable bonds is 5. The van der Waals surface area contributed by atoms with Crippen molar-refractivity contribution in [2.75, 3.05) is 14.2 Å². The second-order valence-corrected chi connectivity index (χ2v) is 10.1. The monoisotopic (exact) mass is 330 g/mol. The predicted molar refractivity (Wildman–Crippen MR) is 80.7 cm³/mol. The molecule has 0 bridgehead atoms. The molecule has 0 aromatic heterocycles. The molecule has 0 N–H and O–H groups in total. The molecule has 0 aliphatic heterocycles. The maximum Gasteiger partial charge on any atom is 0.242 e. The number of hydrogen-bond donors (Lipinski definition) is 0. The zero-order valence-electron chi connectivity index (χ0n) is 11.5. The van der Waals surface area contributed by atoms with Crippen LogP contribution in [0.2, 0.25) is 19.6 Å². The third kappa shape index (κ3) is 3.78. The van der Waals surface area contributed by atoms with Gasteiger partial charge in [-0.15, -0.1) is 0 Å². The van der Waals surface area contributed by atoms with Gasteiger partial charge in [0.2, 0.25) is 8.32 Å². The van der Waals surface area contributed by atoms with Gasteiger partial charge in [0.05, 0.1) is 14.2 Å². The Labute approximate surface area is 118 Å². The molecule has 0 heterocycles. The van der Waals surface area contributed by atoms with Gasteiger partial charge in [0.25, 0.3) is 0 Å². The summed E-state index contributed by atoms with van der Waals surface area (Å²) < 4.78 is 17.3. The lowest BCUT2D eigenvalue weighted by Gasteiger charge is -2.22. The Morgan fingerprint density at radius 3 is 2.06 bits per heavy atom. The lowest BCUT2D eigenvalue weighted by atomic mass is 10.2. The Morgan fingerprint density at radius 1 is 1.11 bits per heavy atom. The highest BCUT2D eigenvalue weighted by atomic mass is 79.9. The summed E-state index contributed by atoms with van der Waals surface area (Å²) in [6, 6.07) is 3.72. The highest BCUT2D eigenvalue weighted by Crippen LogP contribution is 2.36. The lowest BCUT2D eigenvalue weighted by molar-refractivity contribution is 0.354. The molecule has 0 saturated heterocycles. The molecule has 0 atom stereocenters. The van der Waals surface area contributed by atoms with Crippen LogP contribution in [0.1, 0.15) is 5.56 Å². The fraction of sp³-hybridized carbons (Fsp3) is 0.385. The molecule has 0 unspecified atom stereocenters. The van der Waals surface area contributed by atoms with Crippen molar-refractivity contribution in [2.45, 2.75) is 19.6 Å². The number of halogens is 1. The molecular weight excluding hydrogens is 312 g/mol. The minimum Gasteiger partial charge on any atom is -0.544 e. The van der Waals surface area contributed by atoms with Gasteiger partial charge in [0.1, 0.15) is 5.76 Å². The first-order valence-electron chi connectivity index (χ1n) is 5.58. The second kappa shape index (κ2) is 5.80. The van der Waals surface area contributed by atoms with E-state index in [1.165, 1.54) is 0 Å². The number of methoxy groups -OCH3 is 2. The molecule has 1 aromatic rings. The van der Waals surface area contributed by atoms with Crippen molar-refractivity contribution in [3.8, 4) is 11.5 Å². The Kier molecular flexibility index (Phi) is 4.87. The molecule has 1 aromatic carbocycles. The van der Waals surface area contributed by atoms with E-state index in [-0.39, 0.29) is 0 Å². The van der Waals surface area contributed by atoms with Crippen LogP contribution in [0, 0.1) is 0 Å². The predicted octanol–water partition coefficient (Wildman–Crippen LogP) is 4.29. The summed E-state index contributed by atoms with van der Waals surface area (Å²) in [7, 11) is 1.55. The number of ether oxygens (including phenoxy) is 2. The number of hydrogen-bond acceptors (Lipinski definition) is 3. The summed E-state index contributed by atoms with van der Waals surface area (Å²) in [5.41, 5.74) is 0.884. The third-order valence-corrected chi connectivity index (χ3v) is 3.72. The van der Waals surface area contributed by atoms with E-state index in [4.69, 9.17) is 13.9 Å². The van der Waals surface area contributed by atoms with Crippen molar-refractivity contribution in [3.63, 3.8) is 0 Å². The minimum absolute atomic E-state index is 0.655. The first-order valence-corrected chi connectivity index (χ1v) is 9.78. The molecule has 100 valence electrons. The Balaban J connectivity index is 3.13. The highest BCUT2D eigenvalue weighted by molar-refractivity contribution is 9.10.